The van der Waals surface area contributed by atoms with E-state index < -0.39 is 0 Å². The first-order chi connectivity index (χ1) is 6.36. The molecule has 2 aromatic rings. The Kier molecular flexibility index (Phi) is 2.28. The predicted octanol–water partition coefficient (Wildman–Crippen LogP) is 3.20. The van der Waals surface area contributed by atoms with E-state index in [1.807, 2.05) is 36.4 Å². The summed E-state index contributed by atoms with van der Waals surface area (Å²) in [4.78, 5) is 3.90. The third-order valence-corrected chi connectivity index (χ3v) is 1.96. The Morgan fingerprint density at radius 3 is 2.54 bits per heavy atom. The van der Waals surface area contributed by atoms with Crippen LogP contribution in [-0.2, 0) is 0 Å². The van der Waals surface area contributed by atoms with Crippen LogP contribution in [0, 0.1) is 6.20 Å². The van der Waals surface area contributed by atoms with Gasteiger partial charge in [0.15, 0.2) is 0 Å². The first-order valence-corrected chi connectivity index (χ1v) is 4.33. The van der Waals surface area contributed by atoms with Crippen molar-refractivity contribution in [3.63, 3.8) is 0 Å². The summed E-state index contributed by atoms with van der Waals surface area (Å²) >= 11 is 5.78. The van der Waals surface area contributed by atoms with Gasteiger partial charge in [-0.25, -0.2) is 0 Å². The van der Waals surface area contributed by atoms with Crippen molar-refractivity contribution in [1.29, 1.82) is 0 Å². The first-order valence-electron chi connectivity index (χ1n) is 3.95. The van der Waals surface area contributed by atoms with E-state index in [0.29, 0.717) is 5.02 Å². The largest absolute Gasteiger partial charge is 0.252 e. The van der Waals surface area contributed by atoms with Gasteiger partial charge in [-0.05, 0) is 11.6 Å². The van der Waals surface area contributed by atoms with Crippen LogP contribution >= 0.6 is 11.6 Å². The molecule has 0 aliphatic rings. The van der Waals surface area contributed by atoms with Gasteiger partial charge in [0.05, 0.1) is 5.02 Å². The quantitative estimate of drug-likeness (QED) is 0.670. The SMILES string of the molecule is Clc1[c]ncc(-c2ccccc2)c1. The number of nitrogens with zero attached hydrogens (tertiary/aromatic N) is 1. The van der Waals surface area contributed by atoms with E-state index in [-0.39, 0.29) is 0 Å². The molecule has 0 bridgehead atoms. The summed E-state index contributed by atoms with van der Waals surface area (Å²) < 4.78 is 0. The Hall–Kier alpha value is -1.34. The fourth-order valence-corrected chi connectivity index (χ4v) is 1.32. The van der Waals surface area contributed by atoms with Crippen molar-refractivity contribution in [3.8, 4) is 11.1 Å². The average Bonchev–Trinajstić information content (AvgIpc) is 2.19. The molecule has 0 saturated carbocycles. The molecule has 13 heavy (non-hydrogen) atoms. The average molecular weight is 189 g/mol. The second kappa shape index (κ2) is 3.58. The molecule has 1 aromatic heterocycles. The van der Waals surface area contributed by atoms with Crippen molar-refractivity contribution < 1.29 is 0 Å². The smallest absolute Gasteiger partial charge is 0.109 e. The minimum absolute atomic E-state index is 0.543. The fourth-order valence-electron chi connectivity index (χ4n) is 1.16. The standard InChI is InChI=1S/C11H7ClN/c12-11-6-10(7-13-8-11)9-4-2-1-3-5-9/h1-7H. The van der Waals surface area contributed by atoms with Gasteiger partial charge in [0.25, 0.3) is 0 Å². The molecule has 0 spiro atoms. The molecule has 1 aromatic carbocycles. The van der Waals surface area contributed by atoms with E-state index in [1.54, 1.807) is 6.20 Å². The molecule has 0 fully saturated rings. The lowest BCUT2D eigenvalue weighted by Crippen LogP contribution is -1.79. The van der Waals surface area contributed by atoms with Crippen LogP contribution in [0.4, 0.5) is 0 Å². The molecule has 1 nitrogen and oxygen atoms in total. The highest BCUT2D eigenvalue weighted by Crippen LogP contribution is 2.20. The molecule has 2 heteroatoms. The third-order valence-electron chi connectivity index (χ3n) is 1.76. The van der Waals surface area contributed by atoms with E-state index >= 15 is 0 Å². The van der Waals surface area contributed by atoms with E-state index in [0.717, 1.165) is 11.1 Å². The highest BCUT2D eigenvalue weighted by Gasteiger charge is 1.97. The van der Waals surface area contributed by atoms with Crippen LogP contribution in [0.3, 0.4) is 0 Å². The Morgan fingerprint density at radius 2 is 1.85 bits per heavy atom. The van der Waals surface area contributed by atoms with Crippen molar-refractivity contribution in [3.05, 3.63) is 53.8 Å². The molecule has 1 heterocycles. The van der Waals surface area contributed by atoms with Gasteiger partial charge in [0.2, 0.25) is 0 Å². The van der Waals surface area contributed by atoms with Crippen LogP contribution < -0.4 is 0 Å². The van der Waals surface area contributed by atoms with Gasteiger partial charge < -0.3 is 0 Å². The van der Waals surface area contributed by atoms with Crippen LogP contribution in [0.1, 0.15) is 0 Å². The minimum atomic E-state index is 0.543. The van der Waals surface area contributed by atoms with Gasteiger partial charge in [-0.3, -0.25) is 4.98 Å². The molecular weight excluding hydrogens is 182 g/mol. The molecule has 1 radical (unpaired) electrons. The number of rotatable bonds is 1. The number of aromatic nitrogens is 1. The van der Waals surface area contributed by atoms with Gasteiger partial charge in [0, 0.05) is 11.8 Å². The summed E-state index contributed by atoms with van der Waals surface area (Å²) in [6, 6.07) is 11.8. The number of pyridine rings is 1. The third kappa shape index (κ3) is 1.87. The van der Waals surface area contributed by atoms with Gasteiger partial charge in [-0.2, -0.15) is 0 Å². The number of hydrogen-bond donors (Lipinski definition) is 0. The zero-order valence-corrected chi connectivity index (χ0v) is 7.62. The second-order valence-corrected chi connectivity index (χ2v) is 3.09. The van der Waals surface area contributed by atoms with Gasteiger partial charge in [-0.1, -0.05) is 41.9 Å². The lowest BCUT2D eigenvalue weighted by atomic mass is 10.1. The Bertz CT molecular complexity index is 398. The summed E-state index contributed by atoms with van der Waals surface area (Å²) in [7, 11) is 0. The zero-order chi connectivity index (χ0) is 9.10. The van der Waals surface area contributed by atoms with Crippen LogP contribution in [0.2, 0.25) is 5.02 Å². The fraction of sp³-hybridized carbons (Fsp3) is 0. The molecule has 0 atom stereocenters. The lowest BCUT2D eigenvalue weighted by molar-refractivity contribution is 1.31. The maximum absolute atomic E-state index is 5.78. The zero-order valence-electron chi connectivity index (χ0n) is 6.87. The first kappa shape index (κ1) is 8.27. The molecule has 0 saturated heterocycles. The number of benzene rings is 1. The minimum Gasteiger partial charge on any atom is -0.252 e. The molecule has 0 unspecified atom stereocenters. The number of halogens is 1. The Balaban J connectivity index is 2.48. The maximum atomic E-state index is 5.78. The van der Waals surface area contributed by atoms with Crippen LogP contribution in [-0.4, -0.2) is 4.98 Å². The van der Waals surface area contributed by atoms with Crippen molar-refractivity contribution in [2.24, 2.45) is 0 Å². The summed E-state index contributed by atoms with van der Waals surface area (Å²) in [5.74, 6) is 0. The van der Waals surface area contributed by atoms with Crippen molar-refractivity contribution >= 4 is 11.6 Å². The molecule has 63 valence electrons. The van der Waals surface area contributed by atoms with Crippen LogP contribution in [0.5, 0.6) is 0 Å². The van der Waals surface area contributed by atoms with Gasteiger partial charge in [-0.15, -0.1) is 0 Å². The molecule has 0 N–H and O–H groups in total. The Morgan fingerprint density at radius 1 is 1.08 bits per heavy atom. The highest BCUT2D eigenvalue weighted by atomic mass is 35.5. The van der Waals surface area contributed by atoms with E-state index in [2.05, 4.69) is 11.2 Å². The maximum Gasteiger partial charge on any atom is 0.109 e. The van der Waals surface area contributed by atoms with E-state index in [9.17, 15) is 0 Å². The lowest BCUT2D eigenvalue weighted by Gasteiger charge is -1.99. The van der Waals surface area contributed by atoms with Gasteiger partial charge in [0.1, 0.15) is 6.20 Å². The normalized spacial score (nSPS) is 9.92. The summed E-state index contributed by atoms with van der Waals surface area (Å²) in [5, 5.41) is 0.543. The van der Waals surface area contributed by atoms with Gasteiger partial charge >= 0.3 is 0 Å². The second-order valence-electron chi connectivity index (χ2n) is 2.68. The number of hydrogen-bond acceptors (Lipinski definition) is 1. The summed E-state index contributed by atoms with van der Waals surface area (Å²) in [6.45, 7) is 0. The van der Waals surface area contributed by atoms with Crippen molar-refractivity contribution in [2.45, 2.75) is 0 Å². The topological polar surface area (TPSA) is 12.9 Å². The molecule has 0 amide bonds. The van der Waals surface area contributed by atoms with Crippen molar-refractivity contribution in [1.82, 2.24) is 4.98 Å². The monoisotopic (exact) mass is 188 g/mol. The summed E-state index contributed by atoms with van der Waals surface area (Å²) in [5.41, 5.74) is 2.13. The molecule has 2 rings (SSSR count). The predicted molar refractivity (Wildman–Crippen MR) is 53.5 cm³/mol. The van der Waals surface area contributed by atoms with Crippen molar-refractivity contribution in [2.75, 3.05) is 0 Å². The summed E-state index contributed by atoms with van der Waals surface area (Å²) in [6.07, 6.45) is 4.41. The Labute approximate surface area is 82.0 Å². The van der Waals surface area contributed by atoms with Crippen LogP contribution in [0.25, 0.3) is 11.1 Å². The van der Waals surface area contributed by atoms with E-state index in [1.165, 1.54) is 0 Å². The van der Waals surface area contributed by atoms with Crippen LogP contribution in [0.15, 0.2) is 42.6 Å². The molecule has 0 aliphatic heterocycles. The highest BCUT2D eigenvalue weighted by molar-refractivity contribution is 6.30. The molecular formula is C11H7ClN. The molecule has 0 aliphatic carbocycles. The van der Waals surface area contributed by atoms with E-state index in [4.69, 9.17) is 11.6 Å².